The molecular weight excluding hydrogens is 322 g/mol. The van der Waals surface area contributed by atoms with Gasteiger partial charge in [-0.2, -0.15) is 0 Å². The van der Waals surface area contributed by atoms with E-state index in [-0.39, 0.29) is 5.91 Å². The van der Waals surface area contributed by atoms with Crippen molar-refractivity contribution in [3.05, 3.63) is 35.4 Å². The van der Waals surface area contributed by atoms with Gasteiger partial charge in [0.2, 0.25) is 5.91 Å². The number of benzene rings is 1. The quantitative estimate of drug-likeness (QED) is 0.600. The standard InChI is InChI=1S/C18H23N3O4/c1-13(16(22)19-7-4-8-20-9-11-25-12-10-20)21-17(23)14-5-2-3-6-15(14)18(21)24/h2-3,5-6,13H,4,7-12H2,1H3,(H,19,22). The van der Waals surface area contributed by atoms with Crippen LogP contribution in [-0.2, 0) is 9.53 Å². The van der Waals surface area contributed by atoms with Crippen LogP contribution < -0.4 is 5.32 Å². The first-order chi connectivity index (χ1) is 12.1. The van der Waals surface area contributed by atoms with E-state index in [0.717, 1.165) is 44.2 Å². The summed E-state index contributed by atoms with van der Waals surface area (Å²) in [7, 11) is 0. The smallest absolute Gasteiger partial charge is 0.262 e. The Morgan fingerprint density at radius 1 is 1.16 bits per heavy atom. The van der Waals surface area contributed by atoms with Crippen molar-refractivity contribution in [2.24, 2.45) is 0 Å². The molecule has 1 fully saturated rings. The molecule has 3 amide bonds. The summed E-state index contributed by atoms with van der Waals surface area (Å²) < 4.78 is 5.30. The molecule has 1 aromatic carbocycles. The molecule has 2 aliphatic rings. The molecule has 2 heterocycles. The van der Waals surface area contributed by atoms with E-state index in [0.29, 0.717) is 17.7 Å². The molecule has 134 valence electrons. The molecule has 0 radical (unpaired) electrons. The maximum absolute atomic E-state index is 12.4. The van der Waals surface area contributed by atoms with E-state index >= 15 is 0 Å². The summed E-state index contributed by atoms with van der Waals surface area (Å²) in [6, 6.07) is 5.83. The molecule has 3 rings (SSSR count). The highest BCUT2D eigenvalue weighted by atomic mass is 16.5. The SMILES string of the molecule is CC(C(=O)NCCCN1CCOCC1)N1C(=O)c2ccccc2C1=O. The van der Waals surface area contributed by atoms with E-state index < -0.39 is 17.9 Å². The third kappa shape index (κ3) is 3.72. The fourth-order valence-corrected chi connectivity index (χ4v) is 3.16. The second kappa shape index (κ2) is 7.76. The number of rotatable bonds is 6. The van der Waals surface area contributed by atoms with Crippen molar-refractivity contribution in [1.82, 2.24) is 15.1 Å². The zero-order valence-corrected chi connectivity index (χ0v) is 14.4. The second-order valence-electron chi connectivity index (χ2n) is 6.30. The van der Waals surface area contributed by atoms with E-state index in [4.69, 9.17) is 4.74 Å². The molecule has 1 unspecified atom stereocenters. The molecular formula is C18H23N3O4. The van der Waals surface area contributed by atoms with Crippen molar-refractivity contribution in [3.63, 3.8) is 0 Å². The van der Waals surface area contributed by atoms with Gasteiger partial charge in [0.15, 0.2) is 0 Å². The summed E-state index contributed by atoms with van der Waals surface area (Å²) in [5.41, 5.74) is 0.721. The van der Waals surface area contributed by atoms with E-state index in [2.05, 4.69) is 10.2 Å². The monoisotopic (exact) mass is 345 g/mol. The van der Waals surface area contributed by atoms with Gasteiger partial charge in [0.05, 0.1) is 24.3 Å². The number of imide groups is 1. The predicted molar refractivity (Wildman–Crippen MR) is 91.3 cm³/mol. The Bertz CT molecular complexity index is 635. The Hall–Kier alpha value is -2.25. The van der Waals surface area contributed by atoms with Gasteiger partial charge in [0.25, 0.3) is 11.8 Å². The lowest BCUT2D eigenvalue weighted by Gasteiger charge is -2.26. The van der Waals surface area contributed by atoms with Crippen molar-refractivity contribution in [1.29, 1.82) is 0 Å². The molecule has 0 bridgehead atoms. The van der Waals surface area contributed by atoms with Gasteiger partial charge in [-0.3, -0.25) is 24.2 Å². The minimum atomic E-state index is -0.823. The van der Waals surface area contributed by atoms with Gasteiger partial charge in [-0.05, 0) is 32.0 Å². The van der Waals surface area contributed by atoms with Crippen LogP contribution in [0.15, 0.2) is 24.3 Å². The summed E-state index contributed by atoms with van der Waals surface area (Å²) in [6.45, 7) is 6.33. The lowest BCUT2D eigenvalue weighted by atomic mass is 10.1. The zero-order chi connectivity index (χ0) is 17.8. The molecule has 25 heavy (non-hydrogen) atoms. The summed E-state index contributed by atoms with van der Waals surface area (Å²) in [5.74, 6) is -1.12. The number of morpholine rings is 1. The normalized spacial score (nSPS) is 19.0. The minimum absolute atomic E-state index is 0.309. The Balaban J connectivity index is 1.49. The fraction of sp³-hybridized carbons (Fsp3) is 0.500. The number of ether oxygens (including phenoxy) is 1. The molecule has 0 aromatic heterocycles. The number of carbonyl (C=O) groups excluding carboxylic acids is 3. The Kier molecular flexibility index (Phi) is 5.45. The van der Waals surface area contributed by atoms with Crippen molar-refractivity contribution >= 4 is 17.7 Å². The third-order valence-electron chi connectivity index (χ3n) is 4.65. The molecule has 0 spiro atoms. The molecule has 7 heteroatoms. The molecule has 2 aliphatic heterocycles. The summed E-state index contributed by atoms with van der Waals surface area (Å²) >= 11 is 0. The summed E-state index contributed by atoms with van der Waals surface area (Å²) in [4.78, 5) is 40.5. The summed E-state index contributed by atoms with van der Waals surface area (Å²) in [6.07, 6.45) is 0.820. The largest absolute Gasteiger partial charge is 0.379 e. The highest BCUT2D eigenvalue weighted by molar-refractivity contribution is 6.22. The average Bonchev–Trinajstić information content (AvgIpc) is 2.90. The van der Waals surface area contributed by atoms with Gasteiger partial charge < -0.3 is 10.1 Å². The van der Waals surface area contributed by atoms with Gasteiger partial charge in [-0.15, -0.1) is 0 Å². The Morgan fingerprint density at radius 2 is 1.76 bits per heavy atom. The molecule has 7 nitrogen and oxygen atoms in total. The third-order valence-corrected chi connectivity index (χ3v) is 4.65. The van der Waals surface area contributed by atoms with Gasteiger partial charge in [0, 0.05) is 19.6 Å². The van der Waals surface area contributed by atoms with Crippen LogP contribution in [0.2, 0.25) is 0 Å². The van der Waals surface area contributed by atoms with Gasteiger partial charge in [-0.1, -0.05) is 12.1 Å². The zero-order valence-electron chi connectivity index (χ0n) is 14.4. The first-order valence-corrected chi connectivity index (χ1v) is 8.64. The van der Waals surface area contributed by atoms with Gasteiger partial charge in [-0.25, -0.2) is 0 Å². The van der Waals surface area contributed by atoms with Crippen molar-refractivity contribution in [2.45, 2.75) is 19.4 Å². The molecule has 1 atom stereocenters. The maximum atomic E-state index is 12.4. The Labute approximate surface area is 146 Å². The number of hydrogen-bond donors (Lipinski definition) is 1. The van der Waals surface area contributed by atoms with Crippen LogP contribution in [0.25, 0.3) is 0 Å². The van der Waals surface area contributed by atoms with Crippen LogP contribution >= 0.6 is 0 Å². The van der Waals surface area contributed by atoms with Crippen molar-refractivity contribution in [2.75, 3.05) is 39.4 Å². The number of fused-ring (bicyclic) bond motifs is 1. The van der Waals surface area contributed by atoms with Crippen molar-refractivity contribution in [3.8, 4) is 0 Å². The number of amides is 3. The summed E-state index contributed by atoms with van der Waals surface area (Å²) in [5, 5.41) is 2.82. The lowest BCUT2D eigenvalue weighted by Crippen LogP contribution is -2.48. The highest BCUT2D eigenvalue weighted by Crippen LogP contribution is 2.24. The van der Waals surface area contributed by atoms with Gasteiger partial charge >= 0.3 is 0 Å². The van der Waals surface area contributed by atoms with Crippen LogP contribution in [0.5, 0.6) is 0 Å². The molecule has 1 saturated heterocycles. The van der Waals surface area contributed by atoms with E-state index in [1.807, 2.05) is 0 Å². The van der Waals surface area contributed by atoms with E-state index in [1.165, 1.54) is 0 Å². The number of hydrogen-bond acceptors (Lipinski definition) is 5. The second-order valence-corrected chi connectivity index (χ2v) is 6.30. The van der Waals surface area contributed by atoms with Crippen LogP contribution in [0.3, 0.4) is 0 Å². The van der Waals surface area contributed by atoms with Gasteiger partial charge in [0.1, 0.15) is 6.04 Å². The number of carbonyl (C=O) groups is 3. The molecule has 1 aromatic rings. The van der Waals surface area contributed by atoms with Crippen LogP contribution in [-0.4, -0.2) is 73.0 Å². The fourth-order valence-electron chi connectivity index (χ4n) is 3.16. The predicted octanol–water partition coefficient (Wildman–Crippen LogP) is 0.510. The number of nitrogens with zero attached hydrogens (tertiary/aromatic N) is 2. The minimum Gasteiger partial charge on any atom is -0.379 e. The topological polar surface area (TPSA) is 79.0 Å². The maximum Gasteiger partial charge on any atom is 0.262 e. The highest BCUT2D eigenvalue weighted by Gasteiger charge is 2.40. The van der Waals surface area contributed by atoms with Crippen LogP contribution in [0.4, 0.5) is 0 Å². The first kappa shape index (κ1) is 17.6. The molecule has 1 N–H and O–H groups in total. The lowest BCUT2D eigenvalue weighted by molar-refractivity contribution is -0.124. The van der Waals surface area contributed by atoms with E-state index in [9.17, 15) is 14.4 Å². The first-order valence-electron chi connectivity index (χ1n) is 8.64. The Morgan fingerprint density at radius 3 is 2.36 bits per heavy atom. The number of nitrogens with one attached hydrogen (secondary N) is 1. The average molecular weight is 345 g/mol. The molecule has 0 saturated carbocycles. The van der Waals surface area contributed by atoms with Crippen LogP contribution in [0.1, 0.15) is 34.1 Å². The van der Waals surface area contributed by atoms with E-state index in [1.54, 1.807) is 31.2 Å². The van der Waals surface area contributed by atoms with Crippen molar-refractivity contribution < 1.29 is 19.1 Å². The van der Waals surface area contributed by atoms with Crippen LogP contribution in [0, 0.1) is 0 Å². The molecule has 0 aliphatic carbocycles.